The van der Waals surface area contributed by atoms with E-state index < -0.39 is 23.7 Å². The van der Waals surface area contributed by atoms with Crippen molar-refractivity contribution >= 4 is 23.0 Å². The number of aliphatic carboxylic acids is 1. The number of nitrogens with one attached hydrogen (secondary N) is 1. The van der Waals surface area contributed by atoms with Gasteiger partial charge in [0, 0.05) is 0 Å². The van der Waals surface area contributed by atoms with Gasteiger partial charge in [-0.1, -0.05) is 25.5 Å². The smallest absolute Gasteiger partial charge is 0.420 e. The van der Waals surface area contributed by atoms with Gasteiger partial charge in [-0.05, 0) is 18.6 Å². The number of rotatable bonds is 6. The van der Waals surface area contributed by atoms with E-state index in [9.17, 15) is 14.4 Å². The lowest BCUT2D eigenvalue weighted by molar-refractivity contribution is -0.142. The first-order valence-corrected chi connectivity index (χ1v) is 6.63. The fourth-order valence-corrected chi connectivity index (χ4v) is 2.09. The van der Waals surface area contributed by atoms with Crippen LogP contribution in [0, 0.1) is 0 Å². The number of carbonyl (C=O) groups is 2. The van der Waals surface area contributed by atoms with Gasteiger partial charge in [-0.2, -0.15) is 0 Å². The highest BCUT2D eigenvalue weighted by Gasteiger charge is 2.20. The Balaban J connectivity index is 2.16. The predicted molar refractivity (Wildman–Crippen MR) is 74.9 cm³/mol. The lowest BCUT2D eigenvalue weighted by Crippen LogP contribution is -2.42. The van der Waals surface area contributed by atoms with Crippen LogP contribution in [0.3, 0.4) is 0 Å². The Labute approximate surface area is 120 Å². The largest absolute Gasteiger partial charge is 0.480 e. The number of nitrogens with zero attached hydrogens (tertiary/aromatic N) is 1. The fourth-order valence-electron chi connectivity index (χ4n) is 2.09. The summed E-state index contributed by atoms with van der Waals surface area (Å²) in [5.74, 6) is -2.27. The van der Waals surface area contributed by atoms with Gasteiger partial charge in [0.25, 0.3) is 0 Å². The molecule has 0 unspecified atom stereocenters. The minimum atomic E-state index is -1.09. The number of oxazole rings is 1. The van der Waals surface area contributed by atoms with E-state index in [0.717, 1.165) is 0 Å². The molecule has 0 radical (unpaired) electrons. The van der Waals surface area contributed by atoms with Crippen LogP contribution < -0.4 is 11.1 Å². The van der Waals surface area contributed by atoms with Gasteiger partial charge in [-0.3, -0.25) is 9.36 Å². The Morgan fingerprint density at radius 3 is 2.76 bits per heavy atom. The zero-order chi connectivity index (χ0) is 15.4. The Morgan fingerprint density at radius 2 is 2.10 bits per heavy atom. The molecule has 7 heteroatoms. The summed E-state index contributed by atoms with van der Waals surface area (Å²) >= 11 is 0. The second-order valence-electron chi connectivity index (χ2n) is 4.67. The van der Waals surface area contributed by atoms with E-state index in [0.29, 0.717) is 23.9 Å². The molecular weight excluding hydrogens is 276 g/mol. The number of carbonyl (C=O) groups excluding carboxylic acids is 1. The first kappa shape index (κ1) is 14.8. The maximum Gasteiger partial charge on any atom is 0.420 e. The monoisotopic (exact) mass is 292 g/mol. The van der Waals surface area contributed by atoms with E-state index in [-0.39, 0.29) is 6.54 Å². The third kappa shape index (κ3) is 3.31. The van der Waals surface area contributed by atoms with Crippen molar-refractivity contribution in [1.29, 1.82) is 0 Å². The van der Waals surface area contributed by atoms with E-state index in [2.05, 4.69) is 5.32 Å². The molecule has 0 saturated heterocycles. The lowest BCUT2D eigenvalue weighted by atomic mass is 10.1. The predicted octanol–water partition coefficient (Wildman–Crippen LogP) is 0.964. The number of hydrogen-bond donors (Lipinski definition) is 2. The van der Waals surface area contributed by atoms with Crippen molar-refractivity contribution in [1.82, 2.24) is 9.88 Å². The Bertz CT molecular complexity index is 715. The van der Waals surface area contributed by atoms with Gasteiger partial charge >= 0.3 is 11.7 Å². The molecule has 0 aliphatic heterocycles. The molecule has 21 heavy (non-hydrogen) atoms. The average Bonchev–Trinajstić information content (AvgIpc) is 2.75. The summed E-state index contributed by atoms with van der Waals surface area (Å²) in [7, 11) is 0. The lowest BCUT2D eigenvalue weighted by Gasteiger charge is -2.13. The number of para-hydroxylation sites is 2. The van der Waals surface area contributed by atoms with E-state index in [4.69, 9.17) is 9.52 Å². The number of benzene rings is 1. The number of carboxylic acid groups (broad SMARTS) is 1. The zero-order valence-corrected chi connectivity index (χ0v) is 11.5. The van der Waals surface area contributed by atoms with Crippen LogP contribution in [-0.4, -0.2) is 27.6 Å². The van der Waals surface area contributed by atoms with Gasteiger partial charge in [0.2, 0.25) is 5.91 Å². The molecule has 1 heterocycles. The van der Waals surface area contributed by atoms with Crippen molar-refractivity contribution in [3.8, 4) is 0 Å². The number of amides is 1. The summed E-state index contributed by atoms with van der Waals surface area (Å²) in [6, 6.07) is 5.79. The van der Waals surface area contributed by atoms with Crippen molar-refractivity contribution < 1.29 is 19.1 Å². The van der Waals surface area contributed by atoms with Gasteiger partial charge in [0.05, 0.1) is 5.52 Å². The summed E-state index contributed by atoms with van der Waals surface area (Å²) in [5, 5.41) is 11.4. The molecule has 112 valence electrons. The van der Waals surface area contributed by atoms with E-state index in [1.165, 1.54) is 4.57 Å². The van der Waals surface area contributed by atoms with Crippen molar-refractivity contribution in [2.75, 3.05) is 0 Å². The molecule has 2 aromatic rings. The van der Waals surface area contributed by atoms with Crippen molar-refractivity contribution in [2.45, 2.75) is 32.4 Å². The van der Waals surface area contributed by atoms with Gasteiger partial charge in [-0.15, -0.1) is 0 Å². The second kappa shape index (κ2) is 6.25. The van der Waals surface area contributed by atoms with E-state index in [1.807, 2.05) is 6.92 Å². The number of aromatic nitrogens is 1. The van der Waals surface area contributed by atoms with Gasteiger partial charge in [0.1, 0.15) is 12.6 Å². The second-order valence-corrected chi connectivity index (χ2v) is 4.67. The van der Waals surface area contributed by atoms with Crippen molar-refractivity contribution in [3.63, 3.8) is 0 Å². The first-order chi connectivity index (χ1) is 10.0. The Hall–Kier alpha value is -2.57. The van der Waals surface area contributed by atoms with Gasteiger partial charge < -0.3 is 14.8 Å². The molecule has 0 spiro atoms. The highest BCUT2D eigenvalue weighted by atomic mass is 16.4. The van der Waals surface area contributed by atoms with Gasteiger partial charge in [-0.25, -0.2) is 9.59 Å². The minimum absolute atomic E-state index is 0.274. The van der Waals surface area contributed by atoms with Crippen LogP contribution in [0.5, 0.6) is 0 Å². The number of carboxylic acids is 1. The molecule has 1 aromatic carbocycles. The van der Waals surface area contributed by atoms with Crippen LogP contribution in [-0.2, 0) is 16.1 Å². The third-order valence-electron chi connectivity index (χ3n) is 3.09. The molecule has 2 N–H and O–H groups in total. The Kier molecular flexibility index (Phi) is 4.42. The minimum Gasteiger partial charge on any atom is -0.480 e. The molecule has 0 bridgehead atoms. The highest BCUT2D eigenvalue weighted by molar-refractivity contribution is 5.84. The van der Waals surface area contributed by atoms with Crippen LogP contribution in [0.1, 0.15) is 19.8 Å². The molecule has 0 saturated carbocycles. The molecule has 7 nitrogen and oxygen atoms in total. The van der Waals surface area contributed by atoms with E-state index in [1.54, 1.807) is 24.3 Å². The van der Waals surface area contributed by atoms with Crippen LogP contribution in [0.25, 0.3) is 11.1 Å². The normalized spacial score (nSPS) is 12.2. The summed E-state index contributed by atoms with van der Waals surface area (Å²) in [6.07, 6.45) is 0.966. The molecule has 0 fully saturated rings. The Morgan fingerprint density at radius 1 is 1.38 bits per heavy atom. The molecule has 1 amide bonds. The van der Waals surface area contributed by atoms with Crippen LogP contribution in [0.2, 0.25) is 0 Å². The SMILES string of the molecule is CCC[C@@H](NC(=O)Cn1c(=O)oc2ccccc21)C(=O)O. The third-order valence-corrected chi connectivity index (χ3v) is 3.09. The average molecular weight is 292 g/mol. The van der Waals surface area contributed by atoms with Crippen LogP contribution >= 0.6 is 0 Å². The topological polar surface area (TPSA) is 102 Å². The van der Waals surface area contributed by atoms with Crippen LogP contribution in [0.4, 0.5) is 0 Å². The number of hydrogen-bond acceptors (Lipinski definition) is 4. The molecule has 0 aliphatic carbocycles. The highest BCUT2D eigenvalue weighted by Crippen LogP contribution is 2.11. The van der Waals surface area contributed by atoms with E-state index >= 15 is 0 Å². The maximum atomic E-state index is 11.9. The van der Waals surface area contributed by atoms with Gasteiger partial charge in [0.15, 0.2) is 5.58 Å². The fraction of sp³-hybridized carbons (Fsp3) is 0.357. The first-order valence-electron chi connectivity index (χ1n) is 6.63. The summed E-state index contributed by atoms with van der Waals surface area (Å²) in [6.45, 7) is 1.56. The zero-order valence-electron chi connectivity index (χ0n) is 11.5. The summed E-state index contributed by atoms with van der Waals surface area (Å²) < 4.78 is 6.19. The molecular formula is C14H16N2O5. The molecule has 2 rings (SSSR count). The summed E-state index contributed by atoms with van der Waals surface area (Å²) in [5.41, 5.74) is 0.888. The van der Waals surface area contributed by atoms with Crippen molar-refractivity contribution in [3.05, 3.63) is 34.8 Å². The maximum absolute atomic E-state index is 11.9. The summed E-state index contributed by atoms with van der Waals surface area (Å²) in [4.78, 5) is 34.6. The standard InChI is InChI=1S/C14H16N2O5/c1-2-5-9(13(18)19)15-12(17)8-16-10-6-3-4-7-11(10)21-14(16)20/h3-4,6-7,9H,2,5,8H2,1H3,(H,15,17)(H,18,19)/t9-/m1/s1. The van der Waals surface area contributed by atoms with Crippen molar-refractivity contribution in [2.24, 2.45) is 0 Å². The van der Waals surface area contributed by atoms with Crippen LogP contribution in [0.15, 0.2) is 33.5 Å². The number of fused-ring (bicyclic) bond motifs is 1. The molecule has 1 aromatic heterocycles. The molecule has 0 aliphatic rings. The molecule has 1 atom stereocenters. The quantitative estimate of drug-likeness (QED) is 0.826.